The summed E-state index contributed by atoms with van der Waals surface area (Å²) in [6.45, 7) is 4.19. The van der Waals surface area contributed by atoms with Crippen LogP contribution in [0.2, 0.25) is 0 Å². The van der Waals surface area contributed by atoms with Gasteiger partial charge in [0.25, 0.3) is 0 Å². The Balaban J connectivity index is 1.63. The van der Waals surface area contributed by atoms with Gasteiger partial charge >= 0.3 is 0 Å². The average Bonchev–Trinajstić information content (AvgIpc) is 2.98. The zero-order valence-electron chi connectivity index (χ0n) is 11.4. The molecule has 0 amide bonds. The Morgan fingerprint density at radius 1 is 1.32 bits per heavy atom. The van der Waals surface area contributed by atoms with Crippen molar-refractivity contribution in [2.75, 3.05) is 5.32 Å². The molecule has 0 aromatic carbocycles. The number of aromatic nitrogens is 4. The standard InChI is InChI=1S/C14H19N5/c1-3-4-11-9-12(11)15-13-5-6-14(17-16-13)19-8-7-10(2)18-19/h5-8,11-12H,3-4,9H2,1-2H3,(H,15,16). The third kappa shape index (κ3) is 2.75. The second-order valence-corrected chi connectivity index (χ2v) is 5.21. The summed E-state index contributed by atoms with van der Waals surface area (Å²) in [5.74, 6) is 2.43. The number of hydrogen-bond donors (Lipinski definition) is 1. The van der Waals surface area contributed by atoms with E-state index in [2.05, 4.69) is 27.5 Å². The molecule has 2 aromatic rings. The molecule has 1 fully saturated rings. The summed E-state index contributed by atoms with van der Waals surface area (Å²) in [5.41, 5.74) is 0.976. The zero-order chi connectivity index (χ0) is 13.2. The van der Waals surface area contributed by atoms with Crippen molar-refractivity contribution in [1.82, 2.24) is 20.0 Å². The summed E-state index contributed by atoms with van der Waals surface area (Å²) in [6.07, 6.45) is 5.71. The van der Waals surface area contributed by atoms with Crippen molar-refractivity contribution < 1.29 is 0 Å². The van der Waals surface area contributed by atoms with Gasteiger partial charge in [-0.25, -0.2) is 4.68 Å². The summed E-state index contributed by atoms with van der Waals surface area (Å²) in [4.78, 5) is 0. The van der Waals surface area contributed by atoms with E-state index in [1.807, 2.05) is 31.3 Å². The third-order valence-corrected chi connectivity index (χ3v) is 3.52. The molecular formula is C14H19N5. The summed E-state index contributed by atoms with van der Waals surface area (Å²) in [7, 11) is 0. The smallest absolute Gasteiger partial charge is 0.175 e. The van der Waals surface area contributed by atoms with Crippen LogP contribution in [0, 0.1) is 12.8 Å². The van der Waals surface area contributed by atoms with Gasteiger partial charge in [-0.1, -0.05) is 13.3 Å². The highest BCUT2D eigenvalue weighted by Gasteiger charge is 2.36. The molecule has 2 heterocycles. The fourth-order valence-corrected chi connectivity index (χ4v) is 2.37. The lowest BCUT2D eigenvalue weighted by atomic mass is 10.2. The highest BCUT2D eigenvalue weighted by atomic mass is 15.3. The highest BCUT2D eigenvalue weighted by molar-refractivity contribution is 5.39. The summed E-state index contributed by atoms with van der Waals surface area (Å²) >= 11 is 0. The van der Waals surface area contributed by atoms with Crippen molar-refractivity contribution in [3.63, 3.8) is 0 Å². The molecule has 19 heavy (non-hydrogen) atoms. The van der Waals surface area contributed by atoms with Gasteiger partial charge in [0, 0.05) is 12.2 Å². The molecule has 5 nitrogen and oxygen atoms in total. The molecule has 0 radical (unpaired) electrons. The molecule has 0 spiro atoms. The van der Waals surface area contributed by atoms with E-state index in [9.17, 15) is 0 Å². The molecule has 100 valence electrons. The van der Waals surface area contributed by atoms with E-state index in [4.69, 9.17) is 0 Å². The molecule has 0 aliphatic heterocycles. The molecule has 0 bridgehead atoms. The van der Waals surface area contributed by atoms with Crippen LogP contribution in [0.25, 0.3) is 5.82 Å². The van der Waals surface area contributed by atoms with Gasteiger partial charge in [-0.05, 0) is 43.9 Å². The number of rotatable bonds is 5. The number of nitrogens with zero attached hydrogens (tertiary/aromatic N) is 4. The quantitative estimate of drug-likeness (QED) is 0.894. The Labute approximate surface area is 113 Å². The Hall–Kier alpha value is -1.91. The first-order valence-corrected chi connectivity index (χ1v) is 6.89. The van der Waals surface area contributed by atoms with Crippen LogP contribution in [0.5, 0.6) is 0 Å². The van der Waals surface area contributed by atoms with Crippen LogP contribution in [-0.4, -0.2) is 26.0 Å². The number of hydrogen-bond acceptors (Lipinski definition) is 4. The van der Waals surface area contributed by atoms with Gasteiger partial charge in [0.15, 0.2) is 5.82 Å². The second-order valence-electron chi connectivity index (χ2n) is 5.21. The van der Waals surface area contributed by atoms with Gasteiger partial charge in [0.1, 0.15) is 5.82 Å². The van der Waals surface area contributed by atoms with Crippen molar-refractivity contribution in [1.29, 1.82) is 0 Å². The maximum absolute atomic E-state index is 4.31. The molecule has 3 rings (SSSR count). The van der Waals surface area contributed by atoms with Gasteiger partial charge < -0.3 is 5.32 Å². The van der Waals surface area contributed by atoms with E-state index in [-0.39, 0.29) is 0 Å². The van der Waals surface area contributed by atoms with Gasteiger partial charge in [0.2, 0.25) is 0 Å². The van der Waals surface area contributed by atoms with E-state index >= 15 is 0 Å². The normalized spacial score (nSPS) is 21.4. The van der Waals surface area contributed by atoms with E-state index in [0.717, 1.165) is 23.2 Å². The molecule has 5 heteroatoms. The minimum Gasteiger partial charge on any atom is -0.366 e. The predicted octanol–water partition coefficient (Wildman–Crippen LogP) is 2.57. The van der Waals surface area contributed by atoms with Gasteiger partial charge in [-0.2, -0.15) is 5.10 Å². The zero-order valence-corrected chi connectivity index (χ0v) is 11.4. The molecule has 1 saturated carbocycles. The first-order chi connectivity index (χ1) is 9.26. The Morgan fingerprint density at radius 2 is 2.21 bits per heavy atom. The maximum atomic E-state index is 4.31. The fourth-order valence-electron chi connectivity index (χ4n) is 2.37. The van der Waals surface area contributed by atoms with Crippen LogP contribution >= 0.6 is 0 Å². The molecule has 2 aromatic heterocycles. The van der Waals surface area contributed by atoms with Crippen LogP contribution in [0.15, 0.2) is 24.4 Å². The van der Waals surface area contributed by atoms with Crippen LogP contribution < -0.4 is 5.32 Å². The molecule has 1 N–H and O–H groups in total. The van der Waals surface area contributed by atoms with Crippen LogP contribution in [0.1, 0.15) is 31.9 Å². The van der Waals surface area contributed by atoms with Gasteiger partial charge in [-0.15, -0.1) is 10.2 Å². The van der Waals surface area contributed by atoms with Crippen LogP contribution in [0.4, 0.5) is 5.82 Å². The first kappa shape index (κ1) is 12.1. The molecule has 1 aliphatic rings. The Morgan fingerprint density at radius 3 is 2.84 bits per heavy atom. The van der Waals surface area contributed by atoms with E-state index in [0.29, 0.717) is 6.04 Å². The van der Waals surface area contributed by atoms with Crippen molar-refractivity contribution in [3.05, 3.63) is 30.1 Å². The lowest BCUT2D eigenvalue weighted by Crippen LogP contribution is -2.08. The summed E-state index contributed by atoms with van der Waals surface area (Å²) in [6, 6.07) is 6.46. The molecule has 0 saturated heterocycles. The summed E-state index contributed by atoms with van der Waals surface area (Å²) < 4.78 is 1.74. The summed E-state index contributed by atoms with van der Waals surface area (Å²) in [5, 5.41) is 16.2. The van der Waals surface area contributed by atoms with Crippen molar-refractivity contribution in [3.8, 4) is 5.82 Å². The monoisotopic (exact) mass is 257 g/mol. The molecule has 2 atom stereocenters. The topological polar surface area (TPSA) is 55.6 Å². The van der Waals surface area contributed by atoms with E-state index < -0.39 is 0 Å². The molecule has 2 unspecified atom stereocenters. The minimum absolute atomic E-state index is 0.590. The lowest BCUT2D eigenvalue weighted by Gasteiger charge is -2.05. The van der Waals surface area contributed by atoms with Crippen LogP contribution in [-0.2, 0) is 0 Å². The Kier molecular flexibility index (Phi) is 3.19. The number of anilines is 1. The first-order valence-electron chi connectivity index (χ1n) is 6.89. The van der Waals surface area contributed by atoms with E-state index in [1.54, 1.807) is 4.68 Å². The second kappa shape index (κ2) is 4.99. The number of nitrogens with one attached hydrogen (secondary N) is 1. The molecule has 1 aliphatic carbocycles. The maximum Gasteiger partial charge on any atom is 0.175 e. The van der Waals surface area contributed by atoms with E-state index in [1.165, 1.54) is 19.3 Å². The SMILES string of the molecule is CCCC1CC1Nc1ccc(-n2ccc(C)n2)nn1. The third-order valence-electron chi connectivity index (χ3n) is 3.52. The Bertz CT molecular complexity index is 545. The average molecular weight is 257 g/mol. The van der Waals surface area contributed by atoms with Crippen molar-refractivity contribution in [2.45, 2.75) is 39.2 Å². The fraction of sp³-hybridized carbons (Fsp3) is 0.500. The lowest BCUT2D eigenvalue weighted by molar-refractivity contribution is 0.691. The number of aryl methyl sites for hydroxylation is 1. The van der Waals surface area contributed by atoms with Gasteiger partial charge in [-0.3, -0.25) is 0 Å². The highest BCUT2D eigenvalue weighted by Crippen LogP contribution is 2.36. The van der Waals surface area contributed by atoms with Crippen molar-refractivity contribution in [2.24, 2.45) is 5.92 Å². The van der Waals surface area contributed by atoms with Gasteiger partial charge in [0.05, 0.1) is 5.69 Å². The molecular weight excluding hydrogens is 238 g/mol. The predicted molar refractivity (Wildman–Crippen MR) is 74.3 cm³/mol. The largest absolute Gasteiger partial charge is 0.366 e. The van der Waals surface area contributed by atoms with Crippen molar-refractivity contribution >= 4 is 5.82 Å². The minimum atomic E-state index is 0.590. The van der Waals surface area contributed by atoms with Crippen LogP contribution in [0.3, 0.4) is 0 Å².